The topological polar surface area (TPSA) is 108 Å². The molecule has 0 aromatic heterocycles. The first-order valence-electron chi connectivity index (χ1n) is 13.0. The summed E-state index contributed by atoms with van der Waals surface area (Å²) in [5, 5.41) is 16.4. The Balaban J connectivity index is 1.60. The van der Waals surface area contributed by atoms with Crippen LogP contribution >= 0.6 is 0 Å². The number of ether oxygens (including phenoxy) is 1. The average Bonchev–Trinajstić information content (AvgIpc) is 3.37. The van der Waals surface area contributed by atoms with Crippen LogP contribution in [-0.4, -0.2) is 64.7 Å². The molecule has 1 aliphatic carbocycles. The van der Waals surface area contributed by atoms with E-state index in [9.17, 15) is 19.5 Å². The molecule has 3 unspecified atom stereocenters. The Hall–Kier alpha value is -2.45. The molecule has 2 bridgehead atoms. The van der Waals surface area contributed by atoms with Gasteiger partial charge in [0.15, 0.2) is 0 Å². The Labute approximate surface area is 206 Å². The Morgan fingerprint density at radius 3 is 2.49 bits per heavy atom. The molecule has 5 rings (SSSR count). The molecule has 4 aliphatic rings. The normalized spacial score (nSPS) is 37.3. The van der Waals surface area contributed by atoms with Crippen molar-refractivity contribution in [2.24, 2.45) is 17.8 Å². The van der Waals surface area contributed by atoms with Crippen molar-refractivity contribution in [3.63, 3.8) is 0 Å². The van der Waals surface area contributed by atoms with Gasteiger partial charge in [0.1, 0.15) is 11.6 Å². The summed E-state index contributed by atoms with van der Waals surface area (Å²) in [4.78, 5) is 42.9. The number of aliphatic hydroxyl groups excluding tert-OH is 1. The summed E-state index contributed by atoms with van der Waals surface area (Å²) in [6, 6.07) is 7.73. The van der Waals surface area contributed by atoms with Crippen molar-refractivity contribution in [3.05, 3.63) is 35.9 Å². The van der Waals surface area contributed by atoms with Gasteiger partial charge in [0.2, 0.25) is 17.7 Å². The van der Waals surface area contributed by atoms with Crippen molar-refractivity contribution < 1.29 is 24.2 Å². The SMILES string of the molecule is CNC(=O)[C@H]1[C@H]2C(=O)N([C@H](CO)c3ccccc3)C(C(=O)NC3CCCCC3)C23CC(C)[C@]1(C)O3. The second-order valence-corrected chi connectivity index (χ2v) is 11.0. The van der Waals surface area contributed by atoms with Gasteiger partial charge in [-0.05, 0) is 37.7 Å². The highest BCUT2D eigenvalue weighted by Crippen LogP contribution is 2.65. The number of likely N-dealkylation sites (tertiary alicyclic amines) is 1. The molecule has 3 aliphatic heterocycles. The van der Waals surface area contributed by atoms with E-state index in [1.807, 2.05) is 44.2 Å². The monoisotopic (exact) mass is 483 g/mol. The third kappa shape index (κ3) is 3.51. The molecule has 8 nitrogen and oxygen atoms in total. The number of rotatable bonds is 6. The predicted molar refractivity (Wildman–Crippen MR) is 129 cm³/mol. The van der Waals surface area contributed by atoms with E-state index in [2.05, 4.69) is 10.6 Å². The molecular formula is C27H37N3O5. The molecule has 7 atom stereocenters. The molecule has 4 fully saturated rings. The van der Waals surface area contributed by atoms with Crippen LogP contribution in [0.1, 0.15) is 64.0 Å². The van der Waals surface area contributed by atoms with Gasteiger partial charge in [-0.2, -0.15) is 0 Å². The van der Waals surface area contributed by atoms with Crippen LogP contribution < -0.4 is 10.6 Å². The van der Waals surface area contributed by atoms with Gasteiger partial charge in [0, 0.05) is 13.1 Å². The molecule has 3 saturated heterocycles. The minimum absolute atomic E-state index is 0.0110. The lowest BCUT2D eigenvalue weighted by molar-refractivity contribution is -0.151. The molecule has 8 heteroatoms. The highest BCUT2D eigenvalue weighted by molar-refractivity contribution is 5.99. The summed E-state index contributed by atoms with van der Waals surface area (Å²) < 4.78 is 6.71. The fraction of sp³-hybridized carbons (Fsp3) is 0.667. The quantitative estimate of drug-likeness (QED) is 0.573. The number of amides is 3. The van der Waals surface area contributed by atoms with E-state index in [0.717, 1.165) is 31.2 Å². The Morgan fingerprint density at radius 1 is 1.17 bits per heavy atom. The first-order valence-corrected chi connectivity index (χ1v) is 13.0. The molecule has 190 valence electrons. The predicted octanol–water partition coefficient (Wildman–Crippen LogP) is 1.93. The third-order valence-corrected chi connectivity index (χ3v) is 9.17. The van der Waals surface area contributed by atoms with Crippen LogP contribution in [0, 0.1) is 17.8 Å². The van der Waals surface area contributed by atoms with E-state index in [-0.39, 0.29) is 36.3 Å². The van der Waals surface area contributed by atoms with E-state index < -0.39 is 35.1 Å². The average molecular weight is 484 g/mol. The highest BCUT2D eigenvalue weighted by Gasteiger charge is 2.80. The van der Waals surface area contributed by atoms with Crippen molar-refractivity contribution >= 4 is 17.7 Å². The molecule has 3 N–H and O–H groups in total. The zero-order valence-corrected chi connectivity index (χ0v) is 20.8. The zero-order chi connectivity index (χ0) is 25.0. The minimum Gasteiger partial charge on any atom is -0.394 e. The summed E-state index contributed by atoms with van der Waals surface area (Å²) in [5.41, 5.74) is -1.19. The van der Waals surface area contributed by atoms with Gasteiger partial charge in [-0.3, -0.25) is 14.4 Å². The minimum atomic E-state index is -1.11. The van der Waals surface area contributed by atoms with Crippen LogP contribution in [0.3, 0.4) is 0 Å². The fourth-order valence-corrected chi connectivity index (χ4v) is 7.42. The van der Waals surface area contributed by atoms with E-state index in [1.54, 1.807) is 7.05 Å². The van der Waals surface area contributed by atoms with Crippen LogP contribution in [-0.2, 0) is 19.1 Å². The van der Waals surface area contributed by atoms with E-state index in [0.29, 0.717) is 6.42 Å². The Bertz CT molecular complexity index is 996. The zero-order valence-electron chi connectivity index (χ0n) is 20.8. The molecule has 1 aromatic rings. The molecule has 0 radical (unpaired) electrons. The maximum Gasteiger partial charge on any atom is 0.246 e. The van der Waals surface area contributed by atoms with Gasteiger partial charge in [-0.25, -0.2) is 0 Å². The van der Waals surface area contributed by atoms with Gasteiger partial charge < -0.3 is 25.4 Å². The number of nitrogens with one attached hydrogen (secondary N) is 2. The number of carbonyl (C=O) groups excluding carboxylic acids is 3. The molecular weight excluding hydrogens is 446 g/mol. The molecule has 1 saturated carbocycles. The van der Waals surface area contributed by atoms with Crippen molar-refractivity contribution in [2.45, 2.75) is 81.7 Å². The summed E-state index contributed by atoms with van der Waals surface area (Å²) in [7, 11) is 1.57. The first-order chi connectivity index (χ1) is 16.8. The lowest BCUT2D eigenvalue weighted by atomic mass is 9.62. The number of fused-ring (bicyclic) bond motifs is 1. The van der Waals surface area contributed by atoms with Crippen LogP contribution in [0.2, 0.25) is 0 Å². The lowest BCUT2D eigenvalue weighted by Gasteiger charge is -2.38. The summed E-state index contributed by atoms with van der Waals surface area (Å²) >= 11 is 0. The third-order valence-electron chi connectivity index (χ3n) is 9.17. The Morgan fingerprint density at radius 2 is 1.86 bits per heavy atom. The second kappa shape index (κ2) is 8.89. The fourth-order valence-electron chi connectivity index (χ4n) is 7.42. The number of carbonyl (C=O) groups is 3. The number of hydrogen-bond acceptors (Lipinski definition) is 5. The van der Waals surface area contributed by atoms with Gasteiger partial charge in [-0.15, -0.1) is 0 Å². The number of aliphatic hydroxyl groups is 1. The maximum absolute atomic E-state index is 14.2. The Kier molecular flexibility index (Phi) is 6.16. The van der Waals surface area contributed by atoms with E-state index in [1.165, 1.54) is 11.3 Å². The van der Waals surface area contributed by atoms with Crippen LogP contribution in [0.15, 0.2) is 30.3 Å². The van der Waals surface area contributed by atoms with Crippen molar-refractivity contribution in [2.75, 3.05) is 13.7 Å². The van der Waals surface area contributed by atoms with Gasteiger partial charge in [-0.1, -0.05) is 56.5 Å². The summed E-state index contributed by atoms with van der Waals surface area (Å²) in [5.74, 6) is -2.26. The maximum atomic E-state index is 14.2. The lowest BCUT2D eigenvalue weighted by Crippen LogP contribution is -2.58. The number of hydrogen-bond donors (Lipinski definition) is 3. The number of nitrogens with zero attached hydrogens (tertiary/aromatic N) is 1. The second-order valence-electron chi connectivity index (χ2n) is 11.0. The molecule has 3 amide bonds. The van der Waals surface area contributed by atoms with E-state index in [4.69, 9.17) is 4.74 Å². The molecule has 35 heavy (non-hydrogen) atoms. The standard InChI is InChI=1S/C27H37N3O5/c1-16-14-27-21(20(23(32)28-3)26(16,2)35-27)25(34)30(19(15-31)17-10-6-4-7-11-17)22(27)24(33)29-18-12-8-5-9-13-18/h4,6-7,10-11,16,18-22,31H,5,8-9,12-15H2,1-3H3,(H,28,32)(H,29,33)/t16?,19-,20-,21+,22?,26+,27?/m1/s1. The van der Waals surface area contributed by atoms with Crippen LogP contribution in [0.25, 0.3) is 0 Å². The largest absolute Gasteiger partial charge is 0.394 e. The smallest absolute Gasteiger partial charge is 0.246 e. The van der Waals surface area contributed by atoms with Gasteiger partial charge in [0.25, 0.3) is 0 Å². The van der Waals surface area contributed by atoms with Gasteiger partial charge >= 0.3 is 0 Å². The first kappa shape index (κ1) is 24.3. The van der Waals surface area contributed by atoms with Crippen molar-refractivity contribution in [3.8, 4) is 0 Å². The summed E-state index contributed by atoms with van der Waals surface area (Å²) in [6.45, 7) is 3.60. The molecule has 1 spiro atoms. The van der Waals surface area contributed by atoms with Crippen LogP contribution in [0.4, 0.5) is 0 Å². The van der Waals surface area contributed by atoms with Crippen LogP contribution in [0.5, 0.6) is 0 Å². The van der Waals surface area contributed by atoms with Gasteiger partial charge in [0.05, 0.1) is 30.1 Å². The summed E-state index contributed by atoms with van der Waals surface area (Å²) in [6.07, 6.45) is 5.65. The number of benzene rings is 1. The highest BCUT2D eigenvalue weighted by atomic mass is 16.5. The van der Waals surface area contributed by atoms with Crippen molar-refractivity contribution in [1.29, 1.82) is 0 Å². The van der Waals surface area contributed by atoms with E-state index >= 15 is 0 Å². The van der Waals surface area contributed by atoms with Crippen molar-refractivity contribution in [1.82, 2.24) is 15.5 Å². The molecule has 1 aromatic carbocycles. The molecule has 3 heterocycles.